The minimum Gasteiger partial charge on any atom is -0.481 e. The molecule has 0 saturated heterocycles. The number of aliphatic hydroxyl groups is 2. The Morgan fingerprint density at radius 2 is 1.28 bits per heavy atom. The Morgan fingerprint density at radius 3 is 1.69 bits per heavy atom. The summed E-state index contributed by atoms with van der Waals surface area (Å²) in [5.41, 5.74) is 5.75. The standard InChI is InChI=1S/C16H28N4O9/c1-3-7(2)12(17)15(27)18-8(4-11(23)24)13(25)19-9(5-21)14(26)20-10(6-22)16(28)29/h7-10,12,21-22H,3-6,17H2,1-2H3,(H,18,27)(H,19,25)(H,20,26)(H,23,24)(H,28,29). The van der Waals surface area contributed by atoms with Crippen LogP contribution in [0.5, 0.6) is 0 Å². The first kappa shape index (κ1) is 26.2. The highest BCUT2D eigenvalue weighted by Crippen LogP contribution is 2.06. The zero-order valence-electron chi connectivity index (χ0n) is 16.1. The van der Waals surface area contributed by atoms with E-state index in [9.17, 15) is 29.1 Å². The molecule has 13 heteroatoms. The monoisotopic (exact) mass is 420 g/mol. The summed E-state index contributed by atoms with van der Waals surface area (Å²) in [5.74, 6) is -6.19. The van der Waals surface area contributed by atoms with E-state index in [2.05, 4.69) is 5.32 Å². The number of carboxylic acids is 2. The SMILES string of the molecule is CCC(C)C(N)C(=O)NC(CC(=O)O)C(=O)NC(CO)C(=O)NC(CO)C(=O)O. The zero-order chi connectivity index (χ0) is 22.7. The fourth-order valence-corrected chi connectivity index (χ4v) is 2.09. The highest BCUT2D eigenvalue weighted by atomic mass is 16.4. The topological polar surface area (TPSA) is 228 Å². The van der Waals surface area contributed by atoms with Crippen molar-refractivity contribution in [2.75, 3.05) is 13.2 Å². The van der Waals surface area contributed by atoms with E-state index in [0.717, 1.165) is 0 Å². The number of carbonyl (C=O) groups is 5. The fourth-order valence-electron chi connectivity index (χ4n) is 2.09. The van der Waals surface area contributed by atoms with Crippen molar-refractivity contribution < 1.29 is 44.4 Å². The molecule has 5 atom stereocenters. The summed E-state index contributed by atoms with van der Waals surface area (Å²) in [4.78, 5) is 58.4. The summed E-state index contributed by atoms with van der Waals surface area (Å²) < 4.78 is 0. The average molecular weight is 420 g/mol. The molecule has 0 radical (unpaired) electrons. The maximum absolute atomic E-state index is 12.4. The lowest BCUT2D eigenvalue weighted by Crippen LogP contribution is -2.59. The molecule has 29 heavy (non-hydrogen) atoms. The second kappa shape index (κ2) is 12.6. The van der Waals surface area contributed by atoms with Gasteiger partial charge < -0.3 is 42.1 Å². The van der Waals surface area contributed by atoms with Crippen molar-refractivity contribution in [1.82, 2.24) is 16.0 Å². The van der Waals surface area contributed by atoms with Gasteiger partial charge in [-0.25, -0.2) is 4.79 Å². The lowest BCUT2D eigenvalue weighted by atomic mass is 9.99. The summed E-state index contributed by atoms with van der Waals surface area (Å²) >= 11 is 0. The molecule has 0 bridgehead atoms. The van der Waals surface area contributed by atoms with Gasteiger partial charge in [-0.2, -0.15) is 0 Å². The van der Waals surface area contributed by atoms with Crippen molar-refractivity contribution in [2.45, 2.75) is 50.9 Å². The molecule has 0 fully saturated rings. The molecule has 0 aliphatic carbocycles. The lowest BCUT2D eigenvalue weighted by molar-refractivity contribution is -0.144. The van der Waals surface area contributed by atoms with Gasteiger partial charge in [0.15, 0.2) is 0 Å². The van der Waals surface area contributed by atoms with E-state index < -0.39 is 73.5 Å². The molecule has 0 aromatic rings. The van der Waals surface area contributed by atoms with Crippen LogP contribution in [0.15, 0.2) is 0 Å². The second-order valence-electron chi connectivity index (χ2n) is 6.40. The highest BCUT2D eigenvalue weighted by molar-refractivity contribution is 5.95. The Bertz CT molecular complexity index is 613. The average Bonchev–Trinajstić information content (AvgIpc) is 2.67. The van der Waals surface area contributed by atoms with E-state index in [0.29, 0.717) is 6.42 Å². The highest BCUT2D eigenvalue weighted by Gasteiger charge is 2.31. The van der Waals surface area contributed by atoms with Gasteiger partial charge >= 0.3 is 11.9 Å². The van der Waals surface area contributed by atoms with Gasteiger partial charge in [-0.15, -0.1) is 0 Å². The summed E-state index contributed by atoms with van der Waals surface area (Å²) in [5, 5.41) is 42.1. The molecule has 0 spiro atoms. The number of carbonyl (C=O) groups excluding carboxylic acids is 3. The van der Waals surface area contributed by atoms with Crippen LogP contribution in [0.4, 0.5) is 0 Å². The van der Waals surface area contributed by atoms with Crippen molar-refractivity contribution >= 4 is 29.7 Å². The summed E-state index contributed by atoms with van der Waals surface area (Å²) in [6.07, 6.45) is -0.258. The maximum Gasteiger partial charge on any atom is 0.328 e. The third-order valence-electron chi connectivity index (χ3n) is 4.18. The Balaban J connectivity index is 5.23. The number of amides is 3. The zero-order valence-corrected chi connectivity index (χ0v) is 16.1. The summed E-state index contributed by atoms with van der Waals surface area (Å²) in [6.45, 7) is 1.61. The van der Waals surface area contributed by atoms with Crippen LogP contribution in [-0.4, -0.2) is 87.5 Å². The third kappa shape index (κ3) is 8.85. The minimum absolute atomic E-state index is 0.244. The van der Waals surface area contributed by atoms with E-state index in [1.807, 2.05) is 10.6 Å². The van der Waals surface area contributed by atoms with Crippen molar-refractivity contribution in [2.24, 2.45) is 11.7 Å². The second-order valence-corrected chi connectivity index (χ2v) is 6.40. The smallest absolute Gasteiger partial charge is 0.328 e. The molecule has 0 saturated carbocycles. The van der Waals surface area contributed by atoms with Gasteiger partial charge in [-0.3, -0.25) is 19.2 Å². The number of nitrogens with two attached hydrogens (primary N) is 1. The molecule has 5 unspecified atom stereocenters. The van der Waals surface area contributed by atoms with E-state index >= 15 is 0 Å². The number of hydrogen-bond acceptors (Lipinski definition) is 8. The third-order valence-corrected chi connectivity index (χ3v) is 4.18. The molecular formula is C16H28N4O9. The van der Waals surface area contributed by atoms with Crippen LogP contribution in [0.2, 0.25) is 0 Å². The number of carboxylic acid groups (broad SMARTS) is 2. The lowest BCUT2D eigenvalue weighted by Gasteiger charge is -2.24. The number of rotatable bonds is 13. The van der Waals surface area contributed by atoms with Crippen molar-refractivity contribution in [3.05, 3.63) is 0 Å². The number of aliphatic hydroxyl groups excluding tert-OH is 2. The fraction of sp³-hybridized carbons (Fsp3) is 0.688. The normalized spacial score (nSPS) is 15.9. The molecule has 0 heterocycles. The first-order chi connectivity index (χ1) is 13.5. The minimum atomic E-state index is -1.67. The Hall–Kier alpha value is -2.77. The maximum atomic E-state index is 12.4. The summed E-state index contributed by atoms with van der Waals surface area (Å²) in [7, 11) is 0. The Kier molecular flexibility index (Phi) is 11.4. The predicted octanol–water partition coefficient (Wildman–Crippen LogP) is -3.64. The molecule has 13 nitrogen and oxygen atoms in total. The molecule has 3 amide bonds. The van der Waals surface area contributed by atoms with Crippen molar-refractivity contribution in [3.63, 3.8) is 0 Å². The van der Waals surface area contributed by atoms with Gasteiger partial charge in [-0.1, -0.05) is 20.3 Å². The molecule has 0 aliphatic heterocycles. The predicted molar refractivity (Wildman–Crippen MR) is 97.3 cm³/mol. The molecule has 166 valence electrons. The first-order valence-corrected chi connectivity index (χ1v) is 8.81. The number of hydrogen-bond donors (Lipinski definition) is 8. The summed E-state index contributed by atoms with van der Waals surface area (Å²) in [6, 6.07) is -5.91. The van der Waals surface area contributed by atoms with Crippen LogP contribution in [0.1, 0.15) is 26.7 Å². The largest absolute Gasteiger partial charge is 0.481 e. The van der Waals surface area contributed by atoms with Gasteiger partial charge in [0.1, 0.15) is 18.1 Å². The molecule has 0 aromatic heterocycles. The Labute approximate surface area is 166 Å². The van der Waals surface area contributed by atoms with Gasteiger partial charge in [0.2, 0.25) is 17.7 Å². The van der Waals surface area contributed by atoms with Crippen LogP contribution in [0.3, 0.4) is 0 Å². The number of nitrogens with one attached hydrogen (secondary N) is 3. The molecule has 0 aliphatic rings. The first-order valence-electron chi connectivity index (χ1n) is 8.81. The van der Waals surface area contributed by atoms with E-state index in [1.54, 1.807) is 13.8 Å². The van der Waals surface area contributed by atoms with Crippen LogP contribution < -0.4 is 21.7 Å². The molecule has 9 N–H and O–H groups in total. The van der Waals surface area contributed by atoms with Gasteiger partial charge in [0, 0.05) is 0 Å². The number of aliphatic carboxylic acids is 2. The Morgan fingerprint density at radius 1 is 0.828 bits per heavy atom. The van der Waals surface area contributed by atoms with Gasteiger partial charge in [0.25, 0.3) is 0 Å². The van der Waals surface area contributed by atoms with E-state index in [-0.39, 0.29) is 5.92 Å². The van der Waals surface area contributed by atoms with Gasteiger partial charge in [0.05, 0.1) is 25.7 Å². The van der Waals surface area contributed by atoms with E-state index in [4.69, 9.17) is 21.1 Å². The van der Waals surface area contributed by atoms with Crippen LogP contribution >= 0.6 is 0 Å². The van der Waals surface area contributed by atoms with Crippen LogP contribution in [0.25, 0.3) is 0 Å². The van der Waals surface area contributed by atoms with Crippen LogP contribution in [-0.2, 0) is 24.0 Å². The molecular weight excluding hydrogens is 392 g/mol. The van der Waals surface area contributed by atoms with Crippen molar-refractivity contribution in [3.8, 4) is 0 Å². The quantitative estimate of drug-likeness (QED) is 0.146. The van der Waals surface area contributed by atoms with Gasteiger partial charge in [-0.05, 0) is 5.92 Å². The molecule has 0 rings (SSSR count). The van der Waals surface area contributed by atoms with E-state index in [1.165, 1.54) is 0 Å². The van der Waals surface area contributed by atoms with Crippen LogP contribution in [0, 0.1) is 5.92 Å². The van der Waals surface area contributed by atoms with Crippen molar-refractivity contribution in [1.29, 1.82) is 0 Å². The molecule has 0 aromatic carbocycles.